The zero-order valence-electron chi connectivity index (χ0n) is 15.4. The molecule has 1 aromatic carbocycles. The predicted molar refractivity (Wildman–Crippen MR) is 97.1 cm³/mol. The SMILES string of the molecule is CCCCCCOc1ccc(C(=O)OC)c(OCCCCCC)c1. The van der Waals surface area contributed by atoms with E-state index in [0.29, 0.717) is 24.5 Å². The first kappa shape index (κ1) is 20.3. The molecule has 136 valence electrons. The number of carbonyl (C=O) groups is 1. The lowest BCUT2D eigenvalue weighted by atomic mass is 10.2. The van der Waals surface area contributed by atoms with Crippen LogP contribution in [0.4, 0.5) is 0 Å². The van der Waals surface area contributed by atoms with Gasteiger partial charge in [-0.2, -0.15) is 0 Å². The van der Waals surface area contributed by atoms with Gasteiger partial charge < -0.3 is 14.2 Å². The molecular formula is C20H32O4. The van der Waals surface area contributed by atoms with Crippen molar-refractivity contribution in [3.05, 3.63) is 23.8 Å². The number of unbranched alkanes of at least 4 members (excludes halogenated alkanes) is 6. The van der Waals surface area contributed by atoms with E-state index in [4.69, 9.17) is 14.2 Å². The molecule has 0 N–H and O–H groups in total. The number of ether oxygens (including phenoxy) is 3. The average Bonchev–Trinajstić information content (AvgIpc) is 2.61. The number of methoxy groups -OCH3 is 1. The number of rotatable bonds is 13. The molecule has 0 aliphatic carbocycles. The van der Waals surface area contributed by atoms with Crippen molar-refractivity contribution < 1.29 is 19.0 Å². The Balaban J connectivity index is 2.61. The summed E-state index contributed by atoms with van der Waals surface area (Å²) < 4.78 is 16.4. The van der Waals surface area contributed by atoms with Gasteiger partial charge in [0.05, 0.1) is 20.3 Å². The molecule has 1 rings (SSSR count). The Bertz CT molecular complexity index is 471. The van der Waals surface area contributed by atoms with Gasteiger partial charge in [-0.25, -0.2) is 4.79 Å². The minimum atomic E-state index is -0.381. The molecule has 1 aromatic rings. The van der Waals surface area contributed by atoms with E-state index in [0.717, 1.165) is 25.0 Å². The maximum absolute atomic E-state index is 11.9. The van der Waals surface area contributed by atoms with Crippen molar-refractivity contribution in [3.63, 3.8) is 0 Å². The maximum atomic E-state index is 11.9. The quantitative estimate of drug-likeness (QED) is 0.358. The Morgan fingerprint density at radius 2 is 1.50 bits per heavy atom. The van der Waals surface area contributed by atoms with E-state index in [-0.39, 0.29) is 5.97 Å². The highest BCUT2D eigenvalue weighted by Gasteiger charge is 2.14. The minimum Gasteiger partial charge on any atom is -0.493 e. The fourth-order valence-corrected chi connectivity index (χ4v) is 2.42. The Morgan fingerprint density at radius 3 is 2.08 bits per heavy atom. The van der Waals surface area contributed by atoms with Crippen molar-refractivity contribution >= 4 is 5.97 Å². The zero-order valence-corrected chi connectivity index (χ0v) is 15.4. The molecule has 0 saturated carbocycles. The minimum absolute atomic E-state index is 0.381. The van der Waals surface area contributed by atoms with E-state index in [1.54, 1.807) is 18.2 Å². The summed E-state index contributed by atoms with van der Waals surface area (Å²) in [6.45, 7) is 5.66. The van der Waals surface area contributed by atoms with Crippen LogP contribution in [-0.2, 0) is 4.74 Å². The van der Waals surface area contributed by atoms with Crippen LogP contribution in [0.25, 0.3) is 0 Å². The lowest BCUT2D eigenvalue weighted by molar-refractivity contribution is 0.0596. The Hall–Kier alpha value is -1.71. The fraction of sp³-hybridized carbons (Fsp3) is 0.650. The van der Waals surface area contributed by atoms with Gasteiger partial charge in [-0.15, -0.1) is 0 Å². The van der Waals surface area contributed by atoms with E-state index in [2.05, 4.69) is 13.8 Å². The van der Waals surface area contributed by atoms with Crippen molar-refractivity contribution in [2.45, 2.75) is 65.2 Å². The van der Waals surface area contributed by atoms with Crippen LogP contribution in [0.15, 0.2) is 18.2 Å². The third-order valence-corrected chi connectivity index (χ3v) is 3.88. The van der Waals surface area contributed by atoms with Crippen LogP contribution in [-0.4, -0.2) is 26.3 Å². The summed E-state index contributed by atoms with van der Waals surface area (Å²) in [5.74, 6) is 0.903. The standard InChI is InChI=1S/C20H32O4/c1-4-6-8-10-14-23-17-12-13-18(20(21)22-3)19(16-17)24-15-11-9-7-5-2/h12-13,16H,4-11,14-15H2,1-3H3. The van der Waals surface area contributed by atoms with Gasteiger partial charge in [-0.05, 0) is 25.0 Å². The highest BCUT2D eigenvalue weighted by molar-refractivity contribution is 5.92. The van der Waals surface area contributed by atoms with Crippen LogP contribution in [0.3, 0.4) is 0 Å². The summed E-state index contributed by atoms with van der Waals surface area (Å²) in [5.41, 5.74) is 0.450. The molecule has 4 heteroatoms. The maximum Gasteiger partial charge on any atom is 0.341 e. The molecule has 0 radical (unpaired) electrons. The van der Waals surface area contributed by atoms with Gasteiger partial charge in [-0.1, -0.05) is 52.4 Å². The lowest BCUT2D eigenvalue weighted by Crippen LogP contribution is -2.07. The smallest absolute Gasteiger partial charge is 0.341 e. The van der Waals surface area contributed by atoms with Crippen LogP contribution >= 0.6 is 0 Å². The fourth-order valence-electron chi connectivity index (χ4n) is 2.42. The summed E-state index contributed by atoms with van der Waals surface area (Å²) in [6.07, 6.45) is 9.18. The van der Waals surface area contributed by atoms with Crippen molar-refractivity contribution in [1.82, 2.24) is 0 Å². The second-order valence-electron chi connectivity index (χ2n) is 5.97. The third-order valence-electron chi connectivity index (χ3n) is 3.88. The first-order valence-electron chi connectivity index (χ1n) is 9.20. The highest BCUT2D eigenvalue weighted by atomic mass is 16.5. The van der Waals surface area contributed by atoms with Gasteiger partial charge >= 0.3 is 5.97 Å². The van der Waals surface area contributed by atoms with Crippen molar-refractivity contribution in [1.29, 1.82) is 0 Å². The monoisotopic (exact) mass is 336 g/mol. The van der Waals surface area contributed by atoms with Crippen LogP contribution in [0.5, 0.6) is 11.5 Å². The summed E-state index contributed by atoms with van der Waals surface area (Å²) >= 11 is 0. The molecule has 0 atom stereocenters. The average molecular weight is 336 g/mol. The van der Waals surface area contributed by atoms with Crippen LogP contribution in [0.2, 0.25) is 0 Å². The van der Waals surface area contributed by atoms with E-state index in [1.807, 2.05) is 0 Å². The first-order chi connectivity index (χ1) is 11.7. The van der Waals surface area contributed by atoms with Gasteiger partial charge in [0.25, 0.3) is 0 Å². The predicted octanol–water partition coefficient (Wildman–Crippen LogP) is 5.39. The second kappa shape index (κ2) is 12.7. The van der Waals surface area contributed by atoms with Crippen molar-refractivity contribution in [2.24, 2.45) is 0 Å². The molecule has 0 saturated heterocycles. The normalized spacial score (nSPS) is 10.5. The zero-order chi connectivity index (χ0) is 17.6. The van der Waals surface area contributed by atoms with E-state index in [9.17, 15) is 4.79 Å². The number of carbonyl (C=O) groups excluding carboxylic acids is 1. The molecule has 24 heavy (non-hydrogen) atoms. The summed E-state index contributed by atoms with van der Waals surface area (Å²) in [4.78, 5) is 11.9. The van der Waals surface area contributed by atoms with Gasteiger partial charge in [0, 0.05) is 6.07 Å². The van der Waals surface area contributed by atoms with Gasteiger partial charge in [0.2, 0.25) is 0 Å². The van der Waals surface area contributed by atoms with Crippen molar-refractivity contribution in [3.8, 4) is 11.5 Å². The molecule has 0 amide bonds. The van der Waals surface area contributed by atoms with Crippen LogP contribution < -0.4 is 9.47 Å². The Morgan fingerprint density at radius 1 is 0.875 bits per heavy atom. The number of esters is 1. The van der Waals surface area contributed by atoms with E-state index < -0.39 is 0 Å². The van der Waals surface area contributed by atoms with Gasteiger partial charge in [0.15, 0.2) is 0 Å². The number of benzene rings is 1. The lowest BCUT2D eigenvalue weighted by Gasteiger charge is -2.13. The molecule has 0 aromatic heterocycles. The summed E-state index contributed by atoms with van der Waals surface area (Å²) in [6, 6.07) is 5.32. The molecule has 0 unspecified atom stereocenters. The molecular weight excluding hydrogens is 304 g/mol. The molecule has 0 aliphatic heterocycles. The van der Waals surface area contributed by atoms with Gasteiger partial charge in [-0.3, -0.25) is 0 Å². The number of hydrogen-bond donors (Lipinski definition) is 0. The van der Waals surface area contributed by atoms with Crippen LogP contribution in [0, 0.1) is 0 Å². The third kappa shape index (κ3) is 7.71. The second-order valence-corrected chi connectivity index (χ2v) is 5.97. The largest absolute Gasteiger partial charge is 0.493 e. The molecule has 0 fully saturated rings. The highest BCUT2D eigenvalue weighted by Crippen LogP contribution is 2.26. The summed E-state index contributed by atoms with van der Waals surface area (Å²) in [7, 11) is 1.38. The van der Waals surface area contributed by atoms with Gasteiger partial charge in [0.1, 0.15) is 17.1 Å². The van der Waals surface area contributed by atoms with E-state index in [1.165, 1.54) is 39.2 Å². The summed E-state index contributed by atoms with van der Waals surface area (Å²) in [5, 5.41) is 0. The molecule has 4 nitrogen and oxygen atoms in total. The molecule has 0 aliphatic rings. The number of hydrogen-bond acceptors (Lipinski definition) is 4. The molecule has 0 bridgehead atoms. The van der Waals surface area contributed by atoms with Crippen molar-refractivity contribution in [2.75, 3.05) is 20.3 Å². The Labute approximate surface area is 146 Å². The topological polar surface area (TPSA) is 44.8 Å². The molecule has 0 heterocycles. The first-order valence-corrected chi connectivity index (χ1v) is 9.20. The Kier molecular flexibility index (Phi) is 10.7. The molecule has 0 spiro atoms. The van der Waals surface area contributed by atoms with Crippen LogP contribution in [0.1, 0.15) is 75.6 Å². The van der Waals surface area contributed by atoms with E-state index >= 15 is 0 Å².